The lowest BCUT2D eigenvalue weighted by atomic mass is 9.90. The second-order valence-electron chi connectivity index (χ2n) is 7.41. The molecule has 1 unspecified atom stereocenters. The van der Waals surface area contributed by atoms with Crippen molar-refractivity contribution >= 4 is 41.5 Å². The number of rotatable bonds is 4. The van der Waals surface area contributed by atoms with E-state index in [4.69, 9.17) is 28.9 Å². The van der Waals surface area contributed by atoms with Gasteiger partial charge in [0, 0.05) is 29.4 Å². The lowest BCUT2D eigenvalue weighted by molar-refractivity contribution is -0.129. The molecule has 0 bridgehead atoms. The fraction of sp³-hybridized carbons (Fsp3) is 0.474. The van der Waals surface area contributed by atoms with Gasteiger partial charge in [0.05, 0.1) is 22.8 Å². The Morgan fingerprint density at radius 1 is 1.33 bits per heavy atom. The van der Waals surface area contributed by atoms with E-state index in [0.717, 1.165) is 42.1 Å². The van der Waals surface area contributed by atoms with E-state index in [1.807, 2.05) is 24.8 Å². The number of amides is 1. The summed E-state index contributed by atoms with van der Waals surface area (Å²) in [7, 11) is 0. The van der Waals surface area contributed by atoms with E-state index >= 15 is 0 Å². The molecule has 2 aromatic rings. The summed E-state index contributed by atoms with van der Waals surface area (Å²) in [5, 5.41) is 5.70. The maximum absolute atomic E-state index is 12.8. The number of benzene rings is 1. The molecule has 3 rings (SSSR count). The summed E-state index contributed by atoms with van der Waals surface area (Å²) in [5.41, 5.74) is 9.34. The molecule has 2 N–H and O–H groups in total. The maximum Gasteiger partial charge on any atom is 0.227 e. The second-order valence-corrected chi connectivity index (χ2v) is 8.26. The molecular weight excluding hydrogens is 407 g/mol. The lowest BCUT2D eigenvalue weighted by Crippen LogP contribution is -2.35. The van der Waals surface area contributed by atoms with Gasteiger partial charge in [0.1, 0.15) is 0 Å². The molecule has 1 aliphatic rings. The Labute approximate surface area is 176 Å². The van der Waals surface area contributed by atoms with Crippen LogP contribution in [0.5, 0.6) is 0 Å². The molecule has 2 heterocycles. The van der Waals surface area contributed by atoms with Crippen LogP contribution >= 0.6 is 35.6 Å². The summed E-state index contributed by atoms with van der Waals surface area (Å²) in [5.74, 6) is 0.120. The standard InChI is InChI=1S/C19H24Cl2N4O.ClH/c1-12-15(9-18(26)24-7-6-19(3,10-22)11-24)13(2)25(23-12)17-5-4-14(20)8-16(17)21;/h4-5,8H,6-7,9-11,22H2,1-3H3;1H. The van der Waals surface area contributed by atoms with Crippen LogP contribution in [0.3, 0.4) is 0 Å². The lowest BCUT2D eigenvalue weighted by Gasteiger charge is -2.22. The van der Waals surface area contributed by atoms with Gasteiger partial charge in [0.15, 0.2) is 0 Å². The van der Waals surface area contributed by atoms with Crippen molar-refractivity contribution in [1.29, 1.82) is 0 Å². The molecule has 1 fully saturated rings. The second kappa shape index (κ2) is 8.39. The van der Waals surface area contributed by atoms with E-state index in [1.165, 1.54) is 0 Å². The molecule has 0 radical (unpaired) electrons. The topological polar surface area (TPSA) is 64.2 Å². The van der Waals surface area contributed by atoms with E-state index in [2.05, 4.69) is 12.0 Å². The van der Waals surface area contributed by atoms with E-state index < -0.39 is 0 Å². The zero-order valence-electron chi connectivity index (χ0n) is 15.8. The van der Waals surface area contributed by atoms with Crippen LogP contribution < -0.4 is 5.73 Å². The molecule has 1 amide bonds. The average molecular weight is 432 g/mol. The SMILES string of the molecule is Cc1nn(-c2ccc(Cl)cc2Cl)c(C)c1CC(=O)N1CCC(C)(CN)C1.Cl. The molecule has 0 saturated carbocycles. The number of nitrogens with two attached hydrogens (primary N) is 1. The quantitative estimate of drug-likeness (QED) is 0.797. The highest BCUT2D eigenvalue weighted by Crippen LogP contribution is 2.30. The number of nitrogens with zero attached hydrogens (tertiary/aromatic N) is 3. The van der Waals surface area contributed by atoms with Crippen molar-refractivity contribution in [3.8, 4) is 5.69 Å². The Kier molecular flexibility index (Phi) is 6.85. The van der Waals surface area contributed by atoms with Gasteiger partial charge in [0.25, 0.3) is 0 Å². The zero-order chi connectivity index (χ0) is 19.1. The third kappa shape index (κ3) is 4.43. The van der Waals surface area contributed by atoms with Crippen molar-refractivity contribution in [1.82, 2.24) is 14.7 Å². The first kappa shape index (κ1) is 22.0. The predicted octanol–water partition coefficient (Wildman–Crippen LogP) is 3.96. The fourth-order valence-electron chi connectivity index (χ4n) is 3.48. The first-order valence-electron chi connectivity index (χ1n) is 8.72. The van der Waals surface area contributed by atoms with Crippen LogP contribution in [0.1, 0.15) is 30.3 Å². The Hall–Kier alpha value is -1.27. The van der Waals surface area contributed by atoms with Crippen molar-refractivity contribution in [3.63, 3.8) is 0 Å². The normalized spacial score (nSPS) is 19.3. The van der Waals surface area contributed by atoms with E-state index in [1.54, 1.807) is 16.8 Å². The fourth-order valence-corrected chi connectivity index (χ4v) is 3.97. The van der Waals surface area contributed by atoms with Crippen molar-refractivity contribution in [2.24, 2.45) is 11.1 Å². The van der Waals surface area contributed by atoms with Crippen molar-refractivity contribution in [3.05, 3.63) is 45.2 Å². The molecule has 1 saturated heterocycles. The number of likely N-dealkylation sites (tertiary alicyclic amines) is 1. The molecule has 27 heavy (non-hydrogen) atoms. The van der Waals surface area contributed by atoms with Crippen LogP contribution in [-0.2, 0) is 11.2 Å². The minimum atomic E-state index is 0. The van der Waals surface area contributed by atoms with Crippen molar-refractivity contribution < 1.29 is 4.79 Å². The average Bonchev–Trinajstić information content (AvgIpc) is 3.11. The Morgan fingerprint density at radius 2 is 2.04 bits per heavy atom. The van der Waals surface area contributed by atoms with E-state index in [-0.39, 0.29) is 23.7 Å². The van der Waals surface area contributed by atoms with Gasteiger partial charge in [0.2, 0.25) is 5.91 Å². The predicted molar refractivity (Wildman–Crippen MR) is 112 cm³/mol. The number of hydrogen-bond acceptors (Lipinski definition) is 3. The van der Waals surface area contributed by atoms with Crippen molar-refractivity contribution in [2.45, 2.75) is 33.6 Å². The zero-order valence-corrected chi connectivity index (χ0v) is 18.1. The minimum absolute atomic E-state index is 0. The van der Waals surface area contributed by atoms with Crippen molar-refractivity contribution in [2.75, 3.05) is 19.6 Å². The molecule has 0 spiro atoms. The number of aryl methyl sites for hydroxylation is 1. The van der Waals surface area contributed by atoms with Gasteiger partial charge in [-0.15, -0.1) is 12.4 Å². The van der Waals surface area contributed by atoms with Gasteiger partial charge in [-0.1, -0.05) is 30.1 Å². The van der Waals surface area contributed by atoms with Gasteiger partial charge in [-0.05, 0) is 50.4 Å². The van der Waals surface area contributed by atoms with Crippen LogP contribution in [0.15, 0.2) is 18.2 Å². The molecule has 8 heteroatoms. The van der Waals surface area contributed by atoms with Crippen LogP contribution in [-0.4, -0.2) is 40.2 Å². The number of halogens is 3. The molecule has 0 aliphatic carbocycles. The number of carbonyl (C=O) groups excluding carboxylic acids is 1. The van der Waals surface area contributed by atoms with Crippen LogP contribution in [0.2, 0.25) is 10.0 Å². The van der Waals surface area contributed by atoms with Gasteiger partial charge < -0.3 is 10.6 Å². The highest BCUT2D eigenvalue weighted by molar-refractivity contribution is 6.35. The van der Waals surface area contributed by atoms with Crippen LogP contribution in [0.4, 0.5) is 0 Å². The third-order valence-electron chi connectivity index (χ3n) is 5.31. The van der Waals surface area contributed by atoms with E-state index in [9.17, 15) is 4.79 Å². The summed E-state index contributed by atoms with van der Waals surface area (Å²) in [6.07, 6.45) is 1.29. The molecule has 148 valence electrons. The van der Waals surface area contributed by atoms with E-state index in [0.29, 0.717) is 23.0 Å². The first-order chi connectivity index (χ1) is 12.2. The number of hydrogen-bond donors (Lipinski definition) is 1. The summed E-state index contributed by atoms with van der Waals surface area (Å²) >= 11 is 12.3. The molecule has 1 aromatic heterocycles. The summed E-state index contributed by atoms with van der Waals surface area (Å²) in [6.45, 7) is 8.10. The van der Waals surface area contributed by atoms with Gasteiger partial charge in [-0.2, -0.15) is 5.10 Å². The van der Waals surface area contributed by atoms with Gasteiger partial charge >= 0.3 is 0 Å². The largest absolute Gasteiger partial charge is 0.342 e. The molecule has 1 aliphatic heterocycles. The number of carbonyl (C=O) groups is 1. The Morgan fingerprint density at radius 3 is 2.63 bits per heavy atom. The molecular formula is C19H25Cl3N4O. The van der Waals surface area contributed by atoms with Gasteiger partial charge in [-0.3, -0.25) is 4.79 Å². The summed E-state index contributed by atoms with van der Waals surface area (Å²) in [4.78, 5) is 14.7. The Bertz CT molecular complexity index is 852. The summed E-state index contributed by atoms with van der Waals surface area (Å²) < 4.78 is 1.78. The number of aromatic nitrogens is 2. The van der Waals surface area contributed by atoms with Crippen LogP contribution in [0.25, 0.3) is 5.69 Å². The first-order valence-corrected chi connectivity index (χ1v) is 9.48. The highest BCUT2D eigenvalue weighted by atomic mass is 35.5. The molecule has 1 aromatic carbocycles. The maximum atomic E-state index is 12.8. The highest BCUT2D eigenvalue weighted by Gasteiger charge is 2.35. The minimum Gasteiger partial charge on any atom is -0.342 e. The van der Waals surface area contributed by atoms with Gasteiger partial charge in [-0.25, -0.2) is 4.68 Å². The van der Waals surface area contributed by atoms with Crippen LogP contribution in [0, 0.1) is 19.3 Å². The molecule has 5 nitrogen and oxygen atoms in total. The third-order valence-corrected chi connectivity index (χ3v) is 5.85. The smallest absolute Gasteiger partial charge is 0.227 e. The molecule has 1 atom stereocenters. The monoisotopic (exact) mass is 430 g/mol. The Balaban J connectivity index is 0.00000261. The summed E-state index contributed by atoms with van der Waals surface area (Å²) in [6, 6.07) is 5.31.